The summed E-state index contributed by atoms with van der Waals surface area (Å²) < 4.78 is 22.7. The van der Waals surface area contributed by atoms with E-state index in [1.807, 2.05) is 0 Å². The second-order valence-corrected chi connectivity index (χ2v) is 7.68. The minimum absolute atomic E-state index is 0. The number of nitrogens with one attached hydrogen (secondary N) is 1. The summed E-state index contributed by atoms with van der Waals surface area (Å²) in [7, 11) is -3.18. The molecule has 2 rings (SSSR count). The molecule has 1 saturated carbocycles. The third-order valence-corrected chi connectivity index (χ3v) is 5.25. The van der Waals surface area contributed by atoms with Gasteiger partial charge in [-0.25, -0.2) is 8.42 Å². The SMILES string of the molecule is CS(=O)(=O)c1ccc(CNC(=O)[C@@H]2CCC[C@@H]2CN)cc1.Cl. The van der Waals surface area contributed by atoms with Gasteiger partial charge in [0.15, 0.2) is 9.84 Å². The number of nitrogens with two attached hydrogens (primary N) is 1. The molecule has 0 saturated heterocycles. The molecule has 1 aliphatic carbocycles. The first-order valence-electron chi connectivity index (χ1n) is 7.18. The smallest absolute Gasteiger partial charge is 0.223 e. The van der Waals surface area contributed by atoms with Crippen molar-refractivity contribution in [1.82, 2.24) is 5.32 Å². The molecule has 0 spiro atoms. The van der Waals surface area contributed by atoms with Gasteiger partial charge in [-0.3, -0.25) is 4.79 Å². The highest BCUT2D eigenvalue weighted by atomic mass is 35.5. The standard InChI is InChI=1S/C15H22N2O3S.ClH/c1-21(19,20)13-7-5-11(6-8-13)10-17-15(18)14-4-2-3-12(14)9-16;/h5-8,12,14H,2-4,9-10,16H2,1H3,(H,17,18);1H/t12-,14-;/m1./s1. The van der Waals surface area contributed by atoms with Crippen molar-refractivity contribution in [2.24, 2.45) is 17.6 Å². The van der Waals surface area contributed by atoms with Crippen LogP contribution in [0, 0.1) is 11.8 Å². The van der Waals surface area contributed by atoms with Crippen LogP contribution < -0.4 is 11.1 Å². The van der Waals surface area contributed by atoms with Crippen LogP contribution in [0.15, 0.2) is 29.2 Å². The highest BCUT2D eigenvalue weighted by molar-refractivity contribution is 7.90. The summed E-state index contributed by atoms with van der Waals surface area (Å²) in [6.45, 7) is 0.970. The van der Waals surface area contributed by atoms with Crippen molar-refractivity contribution in [2.45, 2.75) is 30.7 Å². The van der Waals surface area contributed by atoms with Gasteiger partial charge in [-0.1, -0.05) is 18.6 Å². The lowest BCUT2D eigenvalue weighted by molar-refractivity contribution is -0.126. The monoisotopic (exact) mass is 346 g/mol. The Morgan fingerprint density at radius 3 is 2.45 bits per heavy atom. The molecule has 7 heteroatoms. The van der Waals surface area contributed by atoms with E-state index in [0.29, 0.717) is 13.1 Å². The van der Waals surface area contributed by atoms with Gasteiger partial charge in [0.05, 0.1) is 4.90 Å². The number of halogens is 1. The lowest BCUT2D eigenvalue weighted by atomic mass is 9.95. The van der Waals surface area contributed by atoms with Crippen LogP contribution in [-0.4, -0.2) is 27.1 Å². The van der Waals surface area contributed by atoms with E-state index in [2.05, 4.69) is 5.32 Å². The Kier molecular flexibility index (Phi) is 6.84. The fourth-order valence-corrected chi connectivity index (χ4v) is 3.47. The number of carbonyl (C=O) groups excluding carboxylic acids is 1. The van der Waals surface area contributed by atoms with E-state index in [4.69, 9.17) is 5.73 Å². The molecule has 0 unspecified atom stereocenters. The minimum Gasteiger partial charge on any atom is -0.352 e. The number of hydrogen-bond acceptors (Lipinski definition) is 4. The molecule has 5 nitrogen and oxygen atoms in total. The zero-order valence-corrected chi connectivity index (χ0v) is 14.3. The Bertz CT molecular complexity index is 602. The van der Waals surface area contributed by atoms with E-state index in [1.54, 1.807) is 24.3 Å². The molecule has 22 heavy (non-hydrogen) atoms. The second kappa shape index (κ2) is 7.94. The van der Waals surface area contributed by atoms with Crippen LogP contribution in [0.1, 0.15) is 24.8 Å². The van der Waals surface area contributed by atoms with Gasteiger partial charge in [-0.15, -0.1) is 12.4 Å². The molecular weight excluding hydrogens is 324 g/mol. The van der Waals surface area contributed by atoms with Crippen LogP contribution in [0.3, 0.4) is 0 Å². The third kappa shape index (κ3) is 4.69. The highest BCUT2D eigenvalue weighted by Crippen LogP contribution is 2.30. The Hall–Kier alpha value is -1.11. The van der Waals surface area contributed by atoms with Crippen molar-refractivity contribution in [3.05, 3.63) is 29.8 Å². The van der Waals surface area contributed by atoms with Gasteiger partial charge in [-0.2, -0.15) is 0 Å². The molecule has 124 valence electrons. The molecular formula is C15H23ClN2O3S. The van der Waals surface area contributed by atoms with Gasteiger partial charge < -0.3 is 11.1 Å². The van der Waals surface area contributed by atoms with Crippen molar-refractivity contribution in [1.29, 1.82) is 0 Å². The molecule has 3 N–H and O–H groups in total. The summed E-state index contributed by atoms with van der Waals surface area (Å²) in [4.78, 5) is 12.4. The van der Waals surface area contributed by atoms with Crippen molar-refractivity contribution in [3.63, 3.8) is 0 Å². The van der Waals surface area contributed by atoms with Crippen molar-refractivity contribution >= 4 is 28.2 Å². The Morgan fingerprint density at radius 2 is 1.91 bits per heavy atom. The molecule has 0 heterocycles. The largest absolute Gasteiger partial charge is 0.352 e. The highest BCUT2D eigenvalue weighted by Gasteiger charge is 2.31. The predicted molar refractivity (Wildman–Crippen MR) is 88.5 cm³/mol. The normalized spacial score (nSPS) is 21.2. The van der Waals surface area contributed by atoms with E-state index in [1.165, 1.54) is 6.26 Å². The molecule has 1 aromatic carbocycles. The first kappa shape index (κ1) is 18.9. The number of benzene rings is 1. The van der Waals surface area contributed by atoms with E-state index in [0.717, 1.165) is 24.8 Å². The lowest BCUT2D eigenvalue weighted by Crippen LogP contribution is -2.34. The van der Waals surface area contributed by atoms with E-state index >= 15 is 0 Å². The minimum atomic E-state index is -3.18. The third-order valence-electron chi connectivity index (χ3n) is 4.12. The van der Waals surface area contributed by atoms with Crippen LogP contribution in [-0.2, 0) is 21.2 Å². The topological polar surface area (TPSA) is 89.3 Å². The maximum Gasteiger partial charge on any atom is 0.223 e. The van der Waals surface area contributed by atoms with Crippen molar-refractivity contribution < 1.29 is 13.2 Å². The summed E-state index contributed by atoms with van der Waals surface area (Å²) in [5.74, 6) is 0.359. The zero-order chi connectivity index (χ0) is 15.5. The molecule has 0 bridgehead atoms. The van der Waals surface area contributed by atoms with E-state index in [-0.39, 0.29) is 35.0 Å². The summed E-state index contributed by atoms with van der Waals surface area (Å²) in [5.41, 5.74) is 6.58. The summed E-state index contributed by atoms with van der Waals surface area (Å²) in [6, 6.07) is 6.58. The molecule has 0 aliphatic heterocycles. The number of rotatable bonds is 5. The van der Waals surface area contributed by atoms with Gasteiger partial charge in [-0.05, 0) is 43.0 Å². The maximum absolute atomic E-state index is 12.2. The summed E-state index contributed by atoms with van der Waals surface area (Å²) in [5, 5.41) is 2.92. The first-order valence-corrected chi connectivity index (χ1v) is 9.07. The number of amides is 1. The van der Waals surface area contributed by atoms with Gasteiger partial charge in [0.2, 0.25) is 5.91 Å². The quantitative estimate of drug-likeness (QED) is 0.845. The van der Waals surface area contributed by atoms with Gasteiger partial charge in [0.1, 0.15) is 0 Å². The lowest BCUT2D eigenvalue weighted by Gasteiger charge is -2.17. The van der Waals surface area contributed by atoms with Gasteiger partial charge >= 0.3 is 0 Å². The Balaban J connectivity index is 0.00000242. The predicted octanol–water partition coefficient (Wildman–Crippen LogP) is 1.50. The Labute approximate surface area is 138 Å². The van der Waals surface area contributed by atoms with E-state index < -0.39 is 9.84 Å². The molecule has 0 aromatic heterocycles. The van der Waals surface area contributed by atoms with E-state index in [9.17, 15) is 13.2 Å². The first-order chi connectivity index (χ1) is 9.91. The molecule has 1 amide bonds. The molecule has 2 atom stereocenters. The van der Waals surface area contributed by atoms with Crippen molar-refractivity contribution in [2.75, 3.05) is 12.8 Å². The van der Waals surface area contributed by atoms with Crippen LogP contribution >= 0.6 is 12.4 Å². The van der Waals surface area contributed by atoms with Crippen LogP contribution in [0.2, 0.25) is 0 Å². The van der Waals surface area contributed by atoms with Gasteiger partial charge in [0, 0.05) is 18.7 Å². The van der Waals surface area contributed by atoms with Crippen LogP contribution in [0.25, 0.3) is 0 Å². The number of carbonyl (C=O) groups is 1. The molecule has 0 radical (unpaired) electrons. The fourth-order valence-electron chi connectivity index (χ4n) is 2.84. The fraction of sp³-hybridized carbons (Fsp3) is 0.533. The Morgan fingerprint density at radius 1 is 1.27 bits per heavy atom. The summed E-state index contributed by atoms with van der Waals surface area (Å²) in [6.07, 6.45) is 4.16. The number of hydrogen-bond donors (Lipinski definition) is 2. The summed E-state index contributed by atoms with van der Waals surface area (Å²) >= 11 is 0. The molecule has 1 aliphatic rings. The average Bonchev–Trinajstić information content (AvgIpc) is 2.92. The zero-order valence-electron chi connectivity index (χ0n) is 12.6. The van der Waals surface area contributed by atoms with Crippen LogP contribution in [0.5, 0.6) is 0 Å². The van der Waals surface area contributed by atoms with Crippen LogP contribution in [0.4, 0.5) is 0 Å². The number of sulfone groups is 1. The maximum atomic E-state index is 12.2. The van der Waals surface area contributed by atoms with Gasteiger partial charge in [0.25, 0.3) is 0 Å². The molecule has 1 aromatic rings. The second-order valence-electron chi connectivity index (χ2n) is 5.67. The van der Waals surface area contributed by atoms with Crippen molar-refractivity contribution in [3.8, 4) is 0 Å². The average molecular weight is 347 g/mol. The molecule has 1 fully saturated rings.